The first kappa shape index (κ1) is 20.2. The molecule has 0 saturated carbocycles. The lowest BCUT2D eigenvalue weighted by Gasteiger charge is -2.20. The second-order valence-electron chi connectivity index (χ2n) is 6.91. The van der Waals surface area contributed by atoms with E-state index in [1.54, 1.807) is 27.7 Å². The monoisotopic (exact) mass is 466 g/mol. The van der Waals surface area contributed by atoms with Crippen molar-refractivity contribution in [1.29, 1.82) is 0 Å². The fourth-order valence-electron chi connectivity index (χ4n) is 3.36. The molecule has 0 N–H and O–H groups in total. The summed E-state index contributed by atoms with van der Waals surface area (Å²) in [5, 5.41) is 18.9. The number of nitrogens with zero attached hydrogens (tertiary/aromatic N) is 4. The third-order valence-corrected chi connectivity index (χ3v) is 7.50. The summed E-state index contributed by atoms with van der Waals surface area (Å²) in [6.07, 6.45) is 1.29. The summed E-state index contributed by atoms with van der Waals surface area (Å²) in [5.41, 5.74) is 2.06. The van der Waals surface area contributed by atoms with Crippen molar-refractivity contribution in [3.8, 4) is 0 Å². The number of carbonyl (C=O) groups excluding carboxylic acids is 1. The quantitative estimate of drug-likeness (QED) is 0.348. The third kappa shape index (κ3) is 4.63. The van der Waals surface area contributed by atoms with Gasteiger partial charge in [0.15, 0.2) is 0 Å². The SMILES string of the molecule is O=C(CSc1nnc(Cc2ccccc2)o1)N1N=C(c2cccs2)CC1c1cccs1. The molecule has 6 nitrogen and oxygen atoms in total. The van der Waals surface area contributed by atoms with Crippen LogP contribution in [0.4, 0.5) is 0 Å². The minimum Gasteiger partial charge on any atom is -0.416 e. The van der Waals surface area contributed by atoms with Crippen LogP contribution in [0.5, 0.6) is 0 Å². The van der Waals surface area contributed by atoms with Crippen LogP contribution in [0.25, 0.3) is 0 Å². The Morgan fingerprint density at radius 3 is 2.68 bits per heavy atom. The summed E-state index contributed by atoms with van der Waals surface area (Å²) in [6, 6.07) is 18.0. The van der Waals surface area contributed by atoms with Gasteiger partial charge in [-0.05, 0) is 28.5 Å². The Hall–Kier alpha value is -2.75. The third-order valence-electron chi connectivity index (χ3n) is 4.81. The van der Waals surface area contributed by atoms with Crippen molar-refractivity contribution in [3.05, 3.63) is 86.6 Å². The van der Waals surface area contributed by atoms with Gasteiger partial charge in [-0.3, -0.25) is 4.79 Å². The minimum absolute atomic E-state index is 0.0680. The van der Waals surface area contributed by atoms with E-state index in [2.05, 4.69) is 21.4 Å². The maximum Gasteiger partial charge on any atom is 0.277 e. The molecule has 31 heavy (non-hydrogen) atoms. The number of benzene rings is 1. The van der Waals surface area contributed by atoms with Gasteiger partial charge in [-0.2, -0.15) is 5.10 Å². The average Bonchev–Trinajstić information content (AvgIpc) is 3.59. The van der Waals surface area contributed by atoms with E-state index >= 15 is 0 Å². The molecule has 5 rings (SSSR count). The van der Waals surface area contributed by atoms with Crippen LogP contribution in [0.15, 0.2) is 80.1 Å². The summed E-state index contributed by atoms with van der Waals surface area (Å²) in [6.45, 7) is 0. The number of carbonyl (C=O) groups is 1. The van der Waals surface area contributed by atoms with E-state index in [-0.39, 0.29) is 17.7 Å². The Kier molecular flexibility index (Phi) is 5.97. The lowest BCUT2D eigenvalue weighted by atomic mass is 10.1. The molecule has 4 heterocycles. The van der Waals surface area contributed by atoms with Crippen molar-refractivity contribution in [1.82, 2.24) is 15.2 Å². The fourth-order valence-corrected chi connectivity index (χ4v) is 5.53. The van der Waals surface area contributed by atoms with E-state index in [4.69, 9.17) is 4.42 Å². The zero-order valence-corrected chi connectivity index (χ0v) is 18.8. The molecule has 1 unspecified atom stereocenters. The van der Waals surface area contributed by atoms with Crippen molar-refractivity contribution < 1.29 is 9.21 Å². The highest BCUT2D eigenvalue weighted by Crippen LogP contribution is 2.36. The number of aromatic nitrogens is 2. The van der Waals surface area contributed by atoms with Crippen LogP contribution in [0.3, 0.4) is 0 Å². The molecule has 1 aliphatic rings. The molecule has 0 saturated heterocycles. The molecule has 156 valence electrons. The zero-order chi connectivity index (χ0) is 21.0. The Morgan fingerprint density at radius 1 is 1.06 bits per heavy atom. The molecule has 0 fully saturated rings. The summed E-state index contributed by atoms with van der Waals surface area (Å²) >= 11 is 4.54. The van der Waals surface area contributed by atoms with Crippen LogP contribution >= 0.6 is 34.4 Å². The zero-order valence-electron chi connectivity index (χ0n) is 16.4. The molecule has 1 aromatic carbocycles. The molecule has 3 aromatic heterocycles. The molecule has 9 heteroatoms. The molecule has 0 bridgehead atoms. The molecule has 1 aliphatic heterocycles. The van der Waals surface area contributed by atoms with Gasteiger partial charge in [-0.15, -0.1) is 32.9 Å². The number of rotatable bonds is 7. The standard InChI is InChI=1S/C22H18N4O2S3/c27-21(14-31-22-24-23-20(28-22)12-15-6-2-1-3-7-15)26-17(19-9-5-11-30-19)13-16(25-26)18-8-4-10-29-18/h1-11,17H,12-14H2. The summed E-state index contributed by atoms with van der Waals surface area (Å²) in [7, 11) is 0. The molecular formula is C22H18N4O2S3. The van der Waals surface area contributed by atoms with Crippen molar-refractivity contribution >= 4 is 46.1 Å². The first-order valence-corrected chi connectivity index (χ1v) is 12.5. The van der Waals surface area contributed by atoms with Crippen LogP contribution in [0.1, 0.15) is 33.7 Å². The van der Waals surface area contributed by atoms with E-state index < -0.39 is 0 Å². The minimum atomic E-state index is -0.0715. The highest BCUT2D eigenvalue weighted by atomic mass is 32.2. The molecule has 4 aromatic rings. The van der Waals surface area contributed by atoms with Crippen LogP contribution in [-0.4, -0.2) is 32.6 Å². The number of thioether (sulfide) groups is 1. The average molecular weight is 467 g/mol. The number of thiophene rings is 2. The van der Waals surface area contributed by atoms with Gasteiger partial charge >= 0.3 is 0 Å². The van der Waals surface area contributed by atoms with Crippen molar-refractivity contribution in [3.63, 3.8) is 0 Å². The summed E-state index contributed by atoms with van der Waals surface area (Å²) in [5.74, 6) is 0.658. The summed E-state index contributed by atoms with van der Waals surface area (Å²) < 4.78 is 5.72. The fraction of sp³-hybridized carbons (Fsp3) is 0.182. The lowest BCUT2D eigenvalue weighted by molar-refractivity contribution is -0.130. The van der Waals surface area contributed by atoms with Gasteiger partial charge in [-0.1, -0.05) is 54.2 Å². The largest absolute Gasteiger partial charge is 0.416 e. The van der Waals surface area contributed by atoms with Crippen molar-refractivity contribution in [2.75, 3.05) is 5.75 Å². The Bertz CT molecular complexity index is 1170. The summed E-state index contributed by atoms with van der Waals surface area (Å²) in [4.78, 5) is 15.3. The van der Waals surface area contributed by atoms with Gasteiger partial charge in [0.25, 0.3) is 11.1 Å². The van der Waals surface area contributed by atoms with Crippen molar-refractivity contribution in [2.24, 2.45) is 5.10 Å². The Balaban J connectivity index is 1.26. The van der Waals surface area contributed by atoms with Crippen LogP contribution < -0.4 is 0 Å². The maximum absolute atomic E-state index is 13.1. The predicted molar refractivity (Wildman–Crippen MR) is 124 cm³/mol. The van der Waals surface area contributed by atoms with Crippen LogP contribution in [-0.2, 0) is 11.2 Å². The topological polar surface area (TPSA) is 71.6 Å². The Labute approximate surface area is 191 Å². The maximum atomic E-state index is 13.1. The predicted octanol–water partition coefficient (Wildman–Crippen LogP) is 5.25. The highest BCUT2D eigenvalue weighted by Gasteiger charge is 2.34. The molecule has 0 radical (unpaired) electrons. The number of hydrogen-bond donors (Lipinski definition) is 0. The Morgan fingerprint density at radius 2 is 1.90 bits per heavy atom. The van der Waals surface area contributed by atoms with Crippen LogP contribution in [0.2, 0.25) is 0 Å². The van der Waals surface area contributed by atoms with E-state index in [9.17, 15) is 4.79 Å². The van der Waals surface area contributed by atoms with E-state index in [1.165, 1.54) is 11.8 Å². The first-order chi connectivity index (χ1) is 15.3. The van der Waals surface area contributed by atoms with Crippen molar-refractivity contribution in [2.45, 2.75) is 24.1 Å². The molecule has 1 amide bonds. The second kappa shape index (κ2) is 9.17. The van der Waals surface area contributed by atoms with Gasteiger partial charge in [0.1, 0.15) is 0 Å². The van der Waals surface area contributed by atoms with Gasteiger partial charge in [0, 0.05) is 11.3 Å². The molecule has 0 spiro atoms. The highest BCUT2D eigenvalue weighted by molar-refractivity contribution is 7.99. The van der Waals surface area contributed by atoms with Gasteiger partial charge in [0.05, 0.1) is 28.8 Å². The molecular weight excluding hydrogens is 448 g/mol. The second-order valence-corrected chi connectivity index (χ2v) is 9.76. The number of amides is 1. The van der Waals surface area contributed by atoms with Gasteiger partial charge < -0.3 is 4.42 Å². The lowest BCUT2D eigenvalue weighted by Crippen LogP contribution is -2.28. The van der Waals surface area contributed by atoms with E-state index in [0.717, 1.165) is 27.5 Å². The molecule has 1 atom stereocenters. The van der Waals surface area contributed by atoms with E-state index in [1.807, 2.05) is 59.3 Å². The normalized spacial score (nSPS) is 15.9. The first-order valence-electron chi connectivity index (χ1n) is 9.72. The number of hydrogen-bond acceptors (Lipinski definition) is 8. The van der Waals surface area contributed by atoms with Gasteiger partial charge in [0.2, 0.25) is 5.89 Å². The van der Waals surface area contributed by atoms with E-state index in [0.29, 0.717) is 17.5 Å². The molecule has 0 aliphatic carbocycles. The smallest absolute Gasteiger partial charge is 0.277 e. The number of hydrazone groups is 1. The van der Waals surface area contributed by atoms with Crippen LogP contribution in [0, 0.1) is 0 Å². The van der Waals surface area contributed by atoms with Gasteiger partial charge in [-0.25, -0.2) is 5.01 Å².